The second kappa shape index (κ2) is 8.70. The van der Waals surface area contributed by atoms with Gasteiger partial charge >= 0.3 is 0 Å². The van der Waals surface area contributed by atoms with Crippen molar-refractivity contribution in [3.8, 4) is 11.5 Å². The molecule has 1 atom stereocenters. The summed E-state index contributed by atoms with van der Waals surface area (Å²) < 4.78 is 7.53. The molecule has 30 heavy (non-hydrogen) atoms. The summed E-state index contributed by atoms with van der Waals surface area (Å²) in [5, 5.41) is 3.31. The molecule has 0 saturated heterocycles. The minimum absolute atomic E-state index is 0.0420. The standard InChI is InChI=1S/C24H33N3O3/c1-3-15-27-22(28)20-14-13-19(21-12-9-16-30-21)26(20)17-24(27,2)23(29)25-18-10-7-5-4-6-8-11-18/h9,12-14,16,18H,3-8,10-11,15,17H2,1-2H3,(H,25,29)/t24-/m0/s1. The summed E-state index contributed by atoms with van der Waals surface area (Å²) in [5.74, 6) is 0.580. The first-order valence-corrected chi connectivity index (χ1v) is 11.4. The predicted octanol–water partition coefficient (Wildman–Crippen LogP) is 4.60. The summed E-state index contributed by atoms with van der Waals surface area (Å²) in [5.41, 5.74) is 0.526. The van der Waals surface area contributed by atoms with Gasteiger partial charge in [-0.1, -0.05) is 39.0 Å². The van der Waals surface area contributed by atoms with Gasteiger partial charge in [-0.15, -0.1) is 0 Å². The van der Waals surface area contributed by atoms with E-state index in [1.165, 1.54) is 19.3 Å². The van der Waals surface area contributed by atoms with Gasteiger partial charge in [0, 0.05) is 12.6 Å². The number of fused-ring (bicyclic) bond motifs is 1. The highest BCUT2D eigenvalue weighted by Crippen LogP contribution is 2.33. The van der Waals surface area contributed by atoms with Gasteiger partial charge in [-0.3, -0.25) is 9.59 Å². The molecule has 1 saturated carbocycles. The molecule has 2 aromatic rings. The lowest BCUT2D eigenvalue weighted by atomic mass is 9.92. The fourth-order valence-corrected chi connectivity index (χ4v) is 4.93. The van der Waals surface area contributed by atoms with Crippen molar-refractivity contribution in [2.24, 2.45) is 0 Å². The molecule has 6 heteroatoms. The van der Waals surface area contributed by atoms with E-state index in [-0.39, 0.29) is 17.9 Å². The molecule has 2 aliphatic rings. The Morgan fingerprint density at radius 2 is 1.83 bits per heavy atom. The van der Waals surface area contributed by atoms with E-state index in [1.54, 1.807) is 11.2 Å². The Bertz CT molecular complexity index is 878. The van der Waals surface area contributed by atoms with Gasteiger partial charge in [0.25, 0.3) is 5.91 Å². The van der Waals surface area contributed by atoms with Crippen molar-refractivity contribution in [1.82, 2.24) is 14.8 Å². The van der Waals surface area contributed by atoms with Crippen LogP contribution >= 0.6 is 0 Å². The lowest BCUT2D eigenvalue weighted by Crippen LogP contribution is -2.65. The van der Waals surface area contributed by atoms with Crippen molar-refractivity contribution in [3.63, 3.8) is 0 Å². The Hall–Kier alpha value is -2.50. The number of furan rings is 1. The normalized spacial score (nSPS) is 23.0. The third-order valence-corrected chi connectivity index (χ3v) is 6.66. The minimum Gasteiger partial charge on any atom is -0.463 e. The van der Waals surface area contributed by atoms with E-state index in [4.69, 9.17) is 4.42 Å². The van der Waals surface area contributed by atoms with E-state index < -0.39 is 5.54 Å². The number of nitrogens with one attached hydrogen (secondary N) is 1. The molecular formula is C24H33N3O3. The zero-order valence-corrected chi connectivity index (χ0v) is 18.2. The lowest BCUT2D eigenvalue weighted by Gasteiger charge is -2.45. The van der Waals surface area contributed by atoms with Crippen LogP contribution in [0.25, 0.3) is 11.5 Å². The smallest absolute Gasteiger partial charge is 0.271 e. The van der Waals surface area contributed by atoms with E-state index in [1.807, 2.05) is 42.7 Å². The molecule has 6 nitrogen and oxygen atoms in total. The Morgan fingerprint density at radius 3 is 2.50 bits per heavy atom. The maximum atomic E-state index is 13.6. The second-order valence-electron chi connectivity index (χ2n) is 8.91. The SMILES string of the molecule is CCCN1C(=O)c2ccc(-c3ccco3)n2C[C@@]1(C)C(=O)NC1CCCCCCC1. The van der Waals surface area contributed by atoms with Gasteiger partial charge in [-0.2, -0.15) is 0 Å². The lowest BCUT2D eigenvalue weighted by molar-refractivity contribution is -0.133. The van der Waals surface area contributed by atoms with Crippen LogP contribution in [-0.2, 0) is 11.3 Å². The Kier molecular flexibility index (Phi) is 6.02. The van der Waals surface area contributed by atoms with E-state index in [9.17, 15) is 9.59 Å². The molecule has 4 rings (SSSR count). The highest BCUT2D eigenvalue weighted by atomic mass is 16.3. The zero-order valence-electron chi connectivity index (χ0n) is 18.2. The number of carbonyl (C=O) groups excluding carboxylic acids is 2. The molecule has 0 unspecified atom stereocenters. The van der Waals surface area contributed by atoms with Gasteiger partial charge in [0.1, 0.15) is 17.0 Å². The number of amides is 2. The number of aromatic nitrogens is 1. The van der Waals surface area contributed by atoms with E-state index >= 15 is 0 Å². The zero-order chi connectivity index (χ0) is 21.1. The maximum absolute atomic E-state index is 13.6. The molecule has 0 bridgehead atoms. The number of rotatable bonds is 5. The molecule has 0 spiro atoms. The minimum atomic E-state index is -0.928. The summed E-state index contributed by atoms with van der Waals surface area (Å²) in [4.78, 5) is 28.8. The van der Waals surface area contributed by atoms with Crippen molar-refractivity contribution in [1.29, 1.82) is 0 Å². The fraction of sp³-hybridized carbons (Fsp3) is 0.583. The van der Waals surface area contributed by atoms with Gasteiger partial charge in [0.15, 0.2) is 0 Å². The molecule has 2 amide bonds. The molecule has 1 aliphatic heterocycles. The summed E-state index contributed by atoms with van der Waals surface area (Å²) >= 11 is 0. The van der Waals surface area contributed by atoms with Crippen LogP contribution in [0.2, 0.25) is 0 Å². The summed E-state index contributed by atoms with van der Waals surface area (Å²) in [6.45, 7) is 4.94. The third-order valence-electron chi connectivity index (χ3n) is 6.66. The number of hydrogen-bond acceptors (Lipinski definition) is 3. The van der Waals surface area contributed by atoms with Gasteiger partial charge in [-0.05, 0) is 50.5 Å². The molecule has 3 heterocycles. The molecule has 1 aliphatic carbocycles. The first-order chi connectivity index (χ1) is 14.5. The van der Waals surface area contributed by atoms with E-state index in [0.29, 0.717) is 24.5 Å². The molecule has 0 radical (unpaired) electrons. The molecule has 0 aromatic carbocycles. The topological polar surface area (TPSA) is 67.5 Å². The summed E-state index contributed by atoms with van der Waals surface area (Å²) in [6.07, 6.45) is 10.6. The Labute approximate surface area is 178 Å². The average Bonchev–Trinajstić information content (AvgIpc) is 3.36. The molecule has 1 N–H and O–H groups in total. The van der Waals surface area contributed by atoms with Crippen LogP contribution in [0.5, 0.6) is 0 Å². The first-order valence-electron chi connectivity index (χ1n) is 11.4. The van der Waals surface area contributed by atoms with Crippen LogP contribution in [0.3, 0.4) is 0 Å². The van der Waals surface area contributed by atoms with Crippen molar-refractivity contribution in [2.45, 2.75) is 83.3 Å². The van der Waals surface area contributed by atoms with Crippen LogP contribution < -0.4 is 5.32 Å². The van der Waals surface area contributed by atoms with Gasteiger partial charge in [0.05, 0.1) is 18.5 Å². The molecule has 162 valence electrons. The first kappa shape index (κ1) is 20.8. The predicted molar refractivity (Wildman–Crippen MR) is 116 cm³/mol. The molecule has 1 fully saturated rings. The molecular weight excluding hydrogens is 378 g/mol. The Balaban J connectivity index is 1.64. The number of carbonyl (C=O) groups is 2. The second-order valence-corrected chi connectivity index (χ2v) is 8.91. The fourth-order valence-electron chi connectivity index (χ4n) is 4.93. The van der Waals surface area contributed by atoms with Crippen molar-refractivity contribution in [3.05, 3.63) is 36.2 Å². The van der Waals surface area contributed by atoms with Crippen LogP contribution in [-0.4, -0.2) is 39.4 Å². The van der Waals surface area contributed by atoms with Crippen LogP contribution in [0, 0.1) is 0 Å². The number of nitrogens with zero attached hydrogens (tertiary/aromatic N) is 2. The van der Waals surface area contributed by atoms with E-state index in [2.05, 4.69) is 5.32 Å². The van der Waals surface area contributed by atoms with Gasteiger partial charge in [-0.25, -0.2) is 0 Å². The summed E-state index contributed by atoms with van der Waals surface area (Å²) in [6, 6.07) is 7.68. The van der Waals surface area contributed by atoms with Crippen LogP contribution in [0.15, 0.2) is 34.9 Å². The monoisotopic (exact) mass is 411 g/mol. The van der Waals surface area contributed by atoms with Crippen molar-refractivity contribution in [2.75, 3.05) is 6.54 Å². The average molecular weight is 412 g/mol. The van der Waals surface area contributed by atoms with Crippen LogP contribution in [0.1, 0.15) is 75.7 Å². The van der Waals surface area contributed by atoms with Gasteiger partial charge in [0.2, 0.25) is 5.91 Å². The largest absolute Gasteiger partial charge is 0.463 e. The van der Waals surface area contributed by atoms with Gasteiger partial charge < -0.3 is 19.2 Å². The highest BCUT2D eigenvalue weighted by Gasteiger charge is 2.47. The van der Waals surface area contributed by atoms with E-state index in [0.717, 1.165) is 37.8 Å². The summed E-state index contributed by atoms with van der Waals surface area (Å²) in [7, 11) is 0. The highest BCUT2D eigenvalue weighted by molar-refractivity contribution is 6.00. The Morgan fingerprint density at radius 1 is 1.13 bits per heavy atom. The van der Waals surface area contributed by atoms with Crippen molar-refractivity contribution < 1.29 is 14.0 Å². The quantitative estimate of drug-likeness (QED) is 0.782. The molecule has 2 aromatic heterocycles. The van der Waals surface area contributed by atoms with Crippen molar-refractivity contribution >= 4 is 11.8 Å². The van der Waals surface area contributed by atoms with Crippen LogP contribution in [0.4, 0.5) is 0 Å². The number of hydrogen-bond donors (Lipinski definition) is 1. The third kappa shape index (κ3) is 3.80. The maximum Gasteiger partial charge on any atom is 0.271 e.